The van der Waals surface area contributed by atoms with Crippen LogP contribution in [0.2, 0.25) is 0 Å². The van der Waals surface area contributed by atoms with Gasteiger partial charge in [-0.15, -0.1) is 0 Å². The summed E-state index contributed by atoms with van der Waals surface area (Å²) in [5.41, 5.74) is 7.27. The predicted molar refractivity (Wildman–Crippen MR) is 84.5 cm³/mol. The number of nitrogens with zero attached hydrogens (tertiary/aromatic N) is 1. The maximum Gasteiger partial charge on any atom is 0.0317 e. The van der Waals surface area contributed by atoms with E-state index < -0.39 is 0 Å². The lowest BCUT2D eigenvalue weighted by atomic mass is 10.1. The van der Waals surface area contributed by atoms with Crippen LogP contribution in [0.3, 0.4) is 0 Å². The Hall–Kier alpha value is -0.840. The Morgan fingerprint density at radius 3 is 2.63 bits per heavy atom. The van der Waals surface area contributed by atoms with Crippen molar-refractivity contribution in [1.82, 2.24) is 4.98 Å². The van der Waals surface area contributed by atoms with Gasteiger partial charge in [-0.05, 0) is 58.6 Å². The van der Waals surface area contributed by atoms with Crippen LogP contribution in [0.15, 0.2) is 57.0 Å². The summed E-state index contributed by atoms with van der Waals surface area (Å²) in [6.07, 6.45) is 5.55. The summed E-state index contributed by atoms with van der Waals surface area (Å²) in [6.45, 7) is 2.12. The number of nitrogens with two attached hydrogens (primary N) is 1. The average molecular weight is 337 g/mol. The van der Waals surface area contributed by atoms with Gasteiger partial charge in [0.1, 0.15) is 0 Å². The molecule has 19 heavy (non-hydrogen) atoms. The molecule has 0 saturated heterocycles. The lowest BCUT2D eigenvalue weighted by molar-refractivity contribution is 0.646. The SMILES string of the molecule is CCC(N)Cc1ccc(Sc2ccncc2)c(Br)c1. The molecule has 4 heteroatoms. The number of pyridine rings is 1. The lowest BCUT2D eigenvalue weighted by Crippen LogP contribution is -2.21. The molecule has 1 unspecified atom stereocenters. The van der Waals surface area contributed by atoms with Gasteiger partial charge in [0, 0.05) is 32.7 Å². The molecule has 2 rings (SSSR count). The maximum absolute atomic E-state index is 5.99. The molecule has 0 aliphatic heterocycles. The minimum atomic E-state index is 0.241. The van der Waals surface area contributed by atoms with Gasteiger partial charge in [-0.3, -0.25) is 4.98 Å². The van der Waals surface area contributed by atoms with E-state index in [0.29, 0.717) is 0 Å². The summed E-state index contributed by atoms with van der Waals surface area (Å²) in [5, 5.41) is 0. The number of hydrogen-bond acceptors (Lipinski definition) is 3. The van der Waals surface area contributed by atoms with Crippen LogP contribution in [-0.2, 0) is 6.42 Å². The number of benzene rings is 1. The minimum absolute atomic E-state index is 0.241. The van der Waals surface area contributed by atoms with E-state index >= 15 is 0 Å². The molecule has 0 bridgehead atoms. The fourth-order valence-electron chi connectivity index (χ4n) is 1.73. The zero-order valence-corrected chi connectivity index (χ0v) is 13.2. The first-order chi connectivity index (χ1) is 9.19. The first-order valence-electron chi connectivity index (χ1n) is 6.31. The van der Waals surface area contributed by atoms with Crippen LogP contribution in [0.1, 0.15) is 18.9 Å². The molecule has 1 aromatic heterocycles. The second-order valence-electron chi connectivity index (χ2n) is 4.42. The normalized spacial score (nSPS) is 12.4. The molecular formula is C15H17BrN2S. The molecule has 1 atom stereocenters. The standard InChI is InChI=1S/C15H17BrN2S/c1-2-12(17)9-11-3-4-15(14(16)10-11)19-13-5-7-18-8-6-13/h3-8,10,12H,2,9,17H2,1H3. The Labute approximate surface area is 126 Å². The summed E-state index contributed by atoms with van der Waals surface area (Å²) in [4.78, 5) is 6.42. The molecular weight excluding hydrogens is 320 g/mol. The van der Waals surface area contributed by atoms with Crippen molar-refractivity contribution in [2.75, 3.05) is 0 Å². The first kappa shape index (κ1) is 14.6. The van der Waals surface area contributed by atoms with E-state index in [9.17, 15) is 0 Å². The highest BCUT2D eigenvalue weighted by Gasteiger charge is 2.06. The van der Waals surface area contributed by atoms with Gasteiger partial charge >= 0.3 is 0 Å². The molecule has 2 aromatic rings. The lowest BCUT2D eigenvalue weighted by Gasteiger charge is -2.11. The fourth-order valence-corrected chi connectivity index (χ4v) is 3.21. The topological polar surface area (TPSA) is 38.9 Å². The van der Waals surface area contributed by atoms with Gasteiger partial charge in [0.25, 0.3) is 0 Å². The highest BCUT2D eigenvalue weighted by molar-refractivity contribution is 9.10. The second kappa shape index (κ2) is 7.08. The highest BCUT2D eigenvalue weighted by Crippen LogP contribution is 2.33. The maximum atomic E-state index is 5.99. The van der Waals surface area contributed by atoms with Gasteiger partial charge in [-0.1, -0.05) is 24.8 Å². The molecule has 0 aliphatic carbocycles. The van der Waals surface area contributed by atoms with Crippen LogP contribution >= 0.6 is 27.7 Å². The number of halogens is 1. The molecule has 2 N–H and O–H groups in total. The number of rotatable bonds is 5. The van der Waals surface area contributed by atoms with E-state index in [1.165, 1.54) is 15.4 Å². The van der Waals surface area contributed by atoms with Gasteiger partial charge in [-0.2, -0.15) is 0 Å². The third kappa shape index (κ3) is 4.34. The zero-order valence-electron chi connectivity index (χ0n) is 10.8. The van der Waals surface area contributed by atoms with Crippen molar-refractivity contribution >= 4 is 27.7 Å². The van der Waals surface area contributed by atoms with Gasteiger partial charge in [0.05, 0.1) is 0 Å². The monoisotopic (exact) mass is 336 g/mol. The Morgan fingerprint density at radius 1 is 1.26 bits per heavy atom. The van der Waals surface area contributed by atoms with Crippen LogP contribution in [-0.4, -0.2) is 11.0 Å². The molecule has 0 fully saturated rings. The summed E-state index contributed by atoms with van der Waals surface area (Å²) < 4.78 is 1.12. The van der Waals surface area contributed by atoms with Crippen molar-refractivity contribution in [2.45, 2.75) is 35.6 Å². The van der Waals surface area contributed by atoms with Crippen molar-refractivity contribution in [3.63, 3.8) is 0 Å². The molecule has 0 spiro atoms. The second-order valence-corrected chi connectivity index (χ2v) is 6.39. The Balaban J connectivity index is 2.11. The third-order valence-corrected chi connectivity index (χ3v) is 4.90. The highest BCUT2D eigenvalue weighted by atomic mass is 79.9. The summed E-state index contributed by atoms with van der Waals surface area (Å²) in [6, 6.07) is 10.7. The van der Waals surface area contributed by atoms with Crippen LogP contribution < -0.4 is 5.73 Å². The van der Waals surface area contributed by atoms with Crippen molar-refractivity contribution in [3.8, 4) is 0 Å². The van der Waals surface area contributed by atoms with E-state index in [2.05, 4.69) is 46.0 Å². The molecule has 1 aromatic carbocycles. The molecule has 0 aliphatic rings. The van der Waals surface area contributed by atoms with Gasteiger partial charge < -0.3 is 5.73 Å². The Bertz CT molecular complexity index is 531. The smallest absolute Gasteiger partial charge is 0.0317 e. The van der Waals surface area contributed by atoms with Crippen LogP contribution in [0, 0.1) is 0 Å². The molecule has 1 heterocycles. The van der Waals surface area contributed by atoms with Gasteiger partial charge in [-0.25, -0.2) is 0 Å². The van der Waals surface area contributed by atoms with Crippen molar-refractivity contribution in [3.05, 3.63) is 52.8 Å². The van der Waals surface area contributed by atoms with E-state index in [4.69, 9.17) is 5.73 Å². The molecule has 0 radical (unpaired) electrons. The number of hydrogen-bond donors (Lipinski definition) is 1. The van der Waals surface area contributed by atoms with Gasteiger partial charge in [0.2, 0.25) is 0 Å². The quantitative estimate of drug-likeness (QED) is 0.885. The van der Waals surface area contributed by atoms with Crippen LogP contribution in [0.4, 0.5) is 0 Å². The first-order valence-corrected chi connectivity index (χ1v) is 7.92. The van der Waals surface area contributed by atoms with Crippen molar-refractivity contribution in [2.24, 2.45) is 5.73 Å². The fraction of sp³-hybridized carbons (Fsp3) is 0.267. The Kier molecular flexibility index (Phi) is 5.43. The predicted octanol–water partition coefficient (Wildman–Crippen LogP) is 4.28. The Morgan fingerprint density at radius 2 is 2.00 bits per heavy atom. The van der Waals surface area contributed by atoms with Crippen LogP contribution in [0.5, 0.6) is 0 Å². The van der Waals surface area contributed by atoms with Gasteiger partial charge in [0.15, 0.2) is 0 Å². The summed E-state index contributed by atoms with van der Waals surface area (Å²) in [5.74, 6) is 0. The van der Waals surface area contributed by atoms with Crippen LogP contribution in [0.25, 0.3) is 0 Å². The third-order valence-electron chi connectivity index (χ3n) is 2.90. The van der Waals surface area contributed by atoms with E-state index in [0.717, 1.165) is 17.3 Å². The molecule has 100 valence electrons. The summed E-state index contributed by atoms with van der Waals surface area (Å²) in [7, 11) is 0. The minimum Gasteiger partial charge on any atom is -0.327 e. The van der Waals surface area contributed by atoms with Crippen molar-refractivity contribution in [1.29, 1.82) is 0 Å². The molecule has 0 saturated carbocycles. The molecule has 0 amide bonds. The van der Waals surface area contributed by atoms with E-state index in [1.54, 1.807) is 11.8 Å². The summed E-state index contributed by atoms with van der Waals surface area (Å²) >= 11 is 5.37. The average Bonchev–Trinajstić information content (AvgIpc) is 2.43. The van der Waals surface area contributed by atoms with E-state index in [1.807, 2.05) is 24.5 Å². The number of aromatic nitrogens is 1. The van der Waals surface area contributed by atoms with Crippen molar-refractivity contribution < 1.29 is 0 Å². The largest absolute Gasteiger partial charge is 0.327 e. The van der Waals surface area contributed by atoms with E-state index in [-0.39, 0.29) is 6.04 Å². The zero-order chi connectivity index (χ0) is 13.7. The molecule has 2 nitrogen and oxygen atoms in total.